The predicted octanol–water partition coefficient (Wildman–Crippen LogP) is 5.97. The molecule has 0 radical (unpaired) electrons. The van der Waals surface area contributed by atoms with E-state index in [0.717, 1.165) is 11.1 Å². The molecule has 1 heterocycles. The number of fused-ring (bicyclic) bond motifs is 2. The molecule has 3 aromatic carbocycles. The zero-order valence-corrected chi connectivity index (χ0v) is 15.1. The van der Waals surface area contributed by atoms with Gasteiger partial charge in [-0.2, -0.15) is 0 Å². The summed E-state index contributed by atoms with van der Waals surface area (Å²) in [5.74, 6) is 0.384. The Morgan fingerprint density at radius 2 is 1.38 bits per heavy atom. The van der Waals surface area contributed by atoms with Crippen molar-refractivity contribution in [2.24, 2.45) is 0 Å². The standard InChI is InChI=1S/C21H14Cl2O3/c22-16-8-5-9-17(23)15(16)12-25-21(24)20-13-6-1-3-10-18(13)26-19-11-4-2-7-14(19)20/h1-11,20H,12H2. The summed E-state index contributed by atoms with van der Waals surface area (Å²) in [7, 11) is 0. The molecule has 3 aromatic rings. The van der Waals surface area contributed by atoms with Crippen LogP contribution in [-0.4, -0.2) is 5.97 Å². The highest BCUT2D eigenvalue weighted by Crippen LogP contribution is 2.44. The number of ether oxygens (including phenoxy) is 2. The molecule has 0 amide bonds. The molecule has 0 N–H and O–H groups in total. The van der Waals surface area contributed by atoms with Gasteiger partial charge in [-0.3, -0.25) is 4.79 Å². The number of carbonyl (C=O) groups is 1. The normalized spacial score (nSPS) is 12.7. The molecule has 0 fully saturated rings. The van der Waals surface area contributed by atoms with Crippen molar-refractivity contribution >= 4 is 29.2 Å². The van der Waals surface area contributed by atoms with Crippen LogP contribution in [0.2, 0.25) is 10.0 Å². The van der Waals surface area contributed by atoms with Crippen molar-refractivity contribution in [2.45, 2.75) is 12.5 Å². The summed E-state index contributed by atoms with van der Waals surface area (Å²) in [6, 6.07) is 20.1. The second-order valence-corrected chi connectivity index (χ2v) is 6.73. The van der Waals surface area contributed by atoms with Gasteiger partial charge in [0.1, 0.15) is 24.0 Å². The van der Waals surface area contributed by atoms with E-state index in [0.29, 0.717) is 27.1 Å². The van der Waals surface area contributed by atoms with Crippen molar-refractivity contribution < 1.29 is 14.3 Å². The van der Waals surface area contributed by atoms with Crippen LogP contribution in [-0.2, 0) is 16.1 Å². The number of esters is 1. The molecule has 4 rings (SSSR count). The van der Waals surface area contributed by atoms with Gasteiger partial charge in [-0.15, -0.1) is 0 Å². The van der Waals surface area contributed by atoms with Crippen molar-refractivity contribution in [2.75, 3.05) is 0 Å². The van der Waals surface area contributed by atoms with E-state index in [4.69, 9.17) is 32.7 Å². The first-order valence-electron chi connectivity index (χ1n) is 8.10. The Morgan fingerprint density at radius 1 is 0.846 bits per heavy atom. The van der Waals surface area contributed by atoms with Gasteiger partial charge in [0.05, 0.1) is 0 Å². The van der Waals surface area contributed by atoms with Gasteiger partial charge in [0.2, 0.25) is 0 Å². The third-order valence-electron chi connectivity index (χ3n) is 4.34. The second-order valence-electron chi connectivity index (χ2n) is 5.92. The van der Waals surface area contributed by atoms with Crippen LogP contribution < -0.4 is 4.74 Å². The molecule has 0 saturated carbocycles. The number of carbonyl (C=O) groups excluding carboxylic acids is 1. The number of hydrogen-bond acceptors (Lipinski definition) is 3. The molecule has 1 aliphatic rings. The third kappa shape index (κ3) is 3.05. The lowest BCUT2D eigenvalue weighted by Crippen LogP contribution is -2.21. The minimum Gasteiger partial charge on any atom is -0.460 e. The highest BCUT2D eigenvalue weighted by Gasteiger charge is 2.33. The minimum absolute atomic E-state index is 0.0129. The molecule has 26 heavy (non-hydrogen) atoms. The van der Waals surface area contributed by atoms with Crippen molar-refractivity contribution in [1.29, 1.82) is 0 Å². The molecule has 0 aliphatic carbocycles. The van der Waals surface area contributed by atoms with Crippen molar-refractivity contribution in [1.82, 2.24) is 0 Å². The van der Waals surface area contributed by atoms with E-state index in [9.17, 15) is 4.79 Å². The maximum absolute atomic E-state index is 13.0. The number of rotatable bonds is 3. The predicted molar refractivity (Wildman–Crippen MR) is 101 cm³/mol. The first-order valence-corrected chi connectivity index (χ1v) is 8.86. The highest BCUT2D eigenvalue weighted by molar-refractivity contribution is 6.35. The molecule has 0 unspecified atom stereocenters. The fourth-order valence-electron chi connectivity index (χ4n) is 3.06. The topological polar surface area (TPSA) is 35.5 Å². The Morgan fingerprint density at radius 3 is 1.96 bits per heavy atom. The molecule has 0 saturated heterocycles. The van der Waals surface area contributed by atoms with Gasteiger partial charge >= 0.3 is 5.97 Å². The number of hydrogen-bond donors (Lipinski definition) is 0. The van der Waals surface area contributed by atoms with Crippen LogP contribution in [0.3, 0.4) is 0 Å². The quantitative estimate of drug-likeness (QED) is 0.521. The van der Waals surface area contributed by atoms with Gasteiger partial charge in [0.25, 0.3) is 0 Å². The van der Waals surface area contributed by atoms with Crippen LogP contribution in [0.15, 0.2) is 66.7 Å². The van der Waals surface area contributed by atoms with E-state index in [1.54, 1.807) is 18.2 Å². The first kappa shape index (κ1) is 17.0. The van der Waals surface area contributed by atoms with Crippen LogP contribution in [0.4, 0.5) is 0 Å². The van der Waals surface area contributed by atoms with Crippen LogP contribution in [0.1, 0.15) is 22.6 Å². The lowest BCUT2D eigenvalue weighted by Gasteiger charge is -2.26. The summed E-state index contributed by atoms with van der Waals surface area (Å²) < 4.78 is 11.5. The van der Waals surface area contributed by atoms with Gasteiger partial charge in [-0.25, -0.2) is 0 Å². The molecule has 0 atom stereocenters. The highest BCUT2D eigenvalue weighted by atomic mass is 35.5. The van der Waals surface area contributed by atoms with Gasteiger partial charge < -0.3 is 9.47 Å². The van der Waals surface area contributed by atoms with E-state index < -0.39 is 5.92 Å². The summed E-state index contributed by atoms with van der Waals surface area (Å²) in [5, 5.41) is 0.941. The lowest BCUT2D eigenvalue weighted by molar-refractivity contribution is -0.145. The molecular weight excluding hydrogens is 371 g/mol. The fraction of sp³-hybridized carbons (Fsp3) is 0.0952. The second kappa shape index (κ2) is 7.02. The first-order chi connectivity index (χ1) is 12.6. The summed E-state index contributed by atoms with van der Waals surface area (Å²) in [6.45, 7) is 0.0129. The Balaban J connectivity index is 1.66. The fourth-order valence-corrected chi connectivity index (χ4v) is 3.57. The number of benzene rings is 3. The SMILES string of the molecule is O=C(OCc1c(Cl)cccc1Cl)C1c2ccccc2Oc2ccccc21. The molecule has 130 valence electrons. The molecule has 5 heteroatoms. The van der Waals surface area contributed by atoms with Gasteiger partial charge in [0.15, 0.2) is 0 Å². The maximum Gasteiger partial charge on any atom is 0.318 e. The molecular formula is C21H14Cl2O3. The van der Waals surface area contributed by atoms with Crippen LogP contribution in [0, 0.1) is 0 Å². The smallest absolute Gasteiger partial charge is 0.318 e. The van der Waals surface area contributed by atoms with Gasteiger partial charge in [-0.1, -0.05) is 65.7 Å². The van der Waals surface area contributed by atoms with Crippen LogP contribution in [0.25, 0.3) is 0 Å². The molecule has 0 bridgehead atoms. The van der Waals surface area contributed by atoms with Crippen molar-refractivity contribution in [3.8, 4) is 11.5 Å². The summed E-state index contributed by atoms with van der Waals surface area (Å²) >= 11 is 12.3. The Kier molecular flexibility index (Phi) is 4.58. The minimum atomic E-state index is -0.558. The van der Waals surface area contributed by atoms with Crippen molar-refractivity contribution in [3.05, 3.63) is 93.5 Å². The monoisotopic (exact) mass is 384 g/mol. The maximum atomic E-state index is 13.0. The van der Waals surface area contributed by atoms with E-state index in [1.807, 2.05) is 48.5 Å². The van der Waals surface area contributed by atoms with E-state index in [2.05, 4.69) is 0 Å². The van der Waals surface area contributed by atoms with E-state index in [1.165, 1.54) is 0 Å². The zero-order chi connectivity index (χ0) is 18.1. The number of para-hydroxylation sites is 2. The number of halogens is 2. The average Bonchev–Trinajstić information content (AvgIpc) is 2.65. The molecule has 0 spiro atoms. The summed E-state index contributed by atoms with van der Waals surface area (Å²) in [6.07, 6.45) is 0. The molecule has 1 aliphatic heterocycles. The largest absolute Gasteiger partial charge is 0.460 e. The summed E-state index contributed by atoms with van der Waals surface area (Å²) in [5.41, 5.74) is 2.15. The third-order valence-corrected chi connectivity index (χ3v) is 5.04. The van der Waals surface area contributed by atoms with Crippen LogP contribution >= 0.6 is 23.2 Å². The van der Waals surface area contributed by atoms with Crippen molar-refractivity contribution in [3.63, 3.8) is 0 Å². The van der Waals surface area contributed by atoms with E-state index >= 15 is 0 Å². The Labute approximate surface area is 161 Å². The lowest BCUT2D eigenvalue weighted by atomic mass is 9.88. The van der Waals surface area contributed by atoms with Gasteiger partial charge in [0, 0.05) is 26.7 Å². The van der Waals surface area contributed by atoms with Crippen LogP contribution in [0.5, 0.6) is 11.5 Å². The Hall–Kier alpha value is -2.49. The van der Waals surface area contributed by atoms with E-state index in [-0.39, 0.29) is 12.6 Å². The zero-order valence-electron chi connectivity index (χ0n) is 13.6. The van der Waals surface area contributed by atoms with Gasteiger partial charge in [-0.05, 0) is 24.3 Å². The Bertz CT molecular complexity index is 919. The molecule has 0 aromatic heterocycles. The average molecular weight is 385 g/mol. The summed E-state index contributed by atoms with van der Waals surface area (Å²) in [4.78, 5) is 13.0. The molecule has 3 nitrogen and oxygen atoms in total.